The van der Waals surface area contributed by atoms with Crippen molar-refractivity contribution in [2.75, 3.05) is 13.2 Å². The maximum atomic E-state index is 12.5. The molecule has 2 unspecified atom stereocenters. The fourth-order valence-corrected chi connectivity index (χ4v) is 11.1. The van der Waals surface area contributed by atoms with Gasteiger partial charge in [0.05, 0.1) is 25.4 Å². The van der Waals surface area contributed by atoms with Crippen LogP contribution in [0.1, 0.15) is 386 Å². The van der Waals surface area contributed by atoms with E-state index in [1.54, 1.807) is 6.08 Å². The topological polar surface area (TPSA) is 95.9 Å². The Kier molecular flexibility index (Phi) is 67.4. The summed E-state index contributed by atoms with van der Waals surface area (Å²) in [6.45, 7) is 4.90. The van der Waals surface area contributed by atoms with Crippen molar-refractivity contribution in [3.05, 3.63) is 48.6 Å². The van der Waals surface area contributed by atoms with Crippen LogP contribution in [-0.4, -0.2) is 47.4 Å². The minimum absolute atomic E-state index is 0.00553. The number of carbonyl (C=O) groups is 2. The first kappa shape index (κ1) is 77.8. The number of esters is 1. The molecule has 0 aromatic heterocycles. The summed E-state index contributed by atoms with van der Waals surface area (Å²) in [5.74, 6) is -0.0624. The summed E-state index contributed by atoms with van der Waals surface area (Å²) in [7, 11) is 0. The molecule has 3 N–H and O–H groups in total. The first-order valence-electron chi connectivity index (χ1n) is 35.9. The number of allylic oxidation sites excluding steroid dienone is 7. The lowest BCUT2D eigenvalue weighted by Crippen LogP contribution is -2.45. The summed E-state index contributed by atoms with van der Waals surface area (Å²) < 4.78 is 5.50. The normalized spacial score (nSPS) is 12.8. The van der Waals surface area contributed by atoms with Crippen LogP contribution in [0.4, 0.5) is 0 Å². The molecule has 0 aliphatic carbocycles. The molecule has 0 rings (SSSR count). The number of aliphatic hydroxyl groups excluding tert-OH is 2. The van der Waals surface area contributed by atoms with Crippen molar-refractivity contribution in [1.82, 2.24) is 5.32 Å². The van der Waals surface area contributed by atoms with Crippen LogP contribution < -0.4 is 5.32 Å². The Morgan fingerprint density at radius 1 is 0.350 bits per heavy atom. The van der Waals surface area contributed by atoms with E-state index in [2.05, 4.69) is 55.6 Å². The van der Waals surface area contributed by atoms with Crippen molar-refractivity contribution < 1.29 is 24.5 Å². The SMILES string of the molecule is CCCCC/C=C\C/C=C\CCCCCCCCCC(=O)OCCCCCCCCCCCCCC/C=C\CCCCCCCCCCCC(=O)NC(CO)C(O)/C=C/CCCCCCCCCCCCCCCCCCCCC. The molecule has 6 heteroatoms. The second-order valence-electron chi connectivity index (χ2n) is 24.6. The van der Waals surface area contributed by atoms with E-state index in [1.807, 2.05) is 6.08 Å². The predicted molar refractivity (Wildman–Crippen MR) is 352 cm³/mol. The van der Waals surface area contributed by atoms with Gasteiger partial charge in [-0.1, -0.05) is 332 Å². The molecular weight excluding hydrogens is 983 g/mol. The number of rotatable bonds is 67. The molecule has 0 spiro atoms. The van der Waals surface area contributed by atoms with Gasteiger partial charge in [0.1, 0.15) is 0 Å². The molecule has 0 bridgehead atoms. The minimum Gasteiger partial charge on any atom is -0.466 e. The van der Waals surface area contributed by atoms with Crippen LogP contribution in [0.15, 0.2) is 48.6 Å². The van der Waals surface area contributed by atoms with Crippen molar-refractivity contribution in [1.29, 1.82) is 0 Å². The zero-order chi connectivity index (χ0) is 57.8. The molecule has 0 radical (unpaired) electrons. The lowest BCUT2D eigenvalue weighted by atomic mass is 10.0. The van der Waals surface area contributed by atoms with Crippen LogP contribution >= 0.6 is 0 Å². The van der Waals surface area contributed by atoms with Gasteiger partial charge >= 0.3 is 5.97 Å². The number of ether oxygens (including phenoxy) is 1. The lowest BCUT2D eigenvalue weighted by Gasteiger charge is -2.20. The van der Waals surface area contributed by atoms with Crippen LogP contribution in [0, 0.1) is 0 Å². The Balaban J connectivity index is 3.42. The zero-order valence-corrected chi connectivity index (χ0v) is 53.8. The molecule has 0 saturated carbocycles. The number of hydrogen-bond acceptors (Lipinski definition) is 5. The molecule has 470 valence electrons. The molecule has 1 amide bonds. The molecule has 0 aromatic carbocycles. The highest BCUT2D eigenvalue weighted by molar-refractivity contribution is 5.76. The summed E-state index contributed by atoms with van der Waals surface area (Å²) in [5, 5.41) is 23.3. The van der Waals surface area contributed by atoms with Crippen LogP contribution in [0.5, 0.6) is 0 Å². The molecule has 0 aliphatic rings. The van der Waals surface area contributed by atoms with Crippen LogP contribution in [0.3, 0.4) is 0 Å². The van der Waals surface area contributed by atoms with Crippen molar-refractivity contribution in [3.63, 3.8) is 0 Å². The number of unbranched alkanes of at least 4 members (excludes halogenated alkanes) is 50. The highest BCUT2D eigenvalue weighted by atomic mass is 16.5. The molecule has 0 heterocycles. The molecule has 6 nitrogen and oxygen atoms in total. The standard InChI is InChI=1S/C74H139NO5/c1-3-5-7-9-11-13-15-17-19-21-22-28-31-35-38-42-46-50-54-58-62-66-72(77)71(70-76)75-73(78)67-63-59-55-51-47-43-39-36-32-29-26-24-23-25-27-30-33-37-41-45-49-53-57-61-65-69-80-74(79)68-64-60-56-52-48-44-40-34-20-18-16-14-12-10-8-6-4-2/h12,14,18,20,24,26,62,66,71-72,76-77H,3-11,13,15-17,19,21-23,25,27-61,63-65,67-70H2,1-2H3,(H,75,78)/b14-12-,20-18-,26-24-,66-62+. The second kappa shape index (κ2) is 69.3. The summed E-state index contributed by atoms with van der Waals surface area (Å²) in [6.07, 6.45) is 90.4. The minimum atomic E-state index is -0.848. The Morgan fingerprint density at radius 2 is 0.625 bits per heavy atom. The average molecular weight is 1120 g/mol. The number of amides is 1. The van der Waals surface area contributed by atoms with Crippen molar-refractivity contribution >= 4 is 11.9 Å². The van der Waals surface area contributed by atoms with E-state index in [0.29, 0.717) is 19.4 Å². The van der Waals surface area contributed by atoms with Gasteiger partial charge in [0.25, 0.3) is 0 Å². The van der Waals surface area contributed by atoms with Crippen LogP contribution in [0.2, 0.25) is 0 Å². The third-order valence-corrected chi connectivity index (χ3v) is 16.6. The van der Waals surface area contributed by atoms with Crippen LogP contribution in [0.25, 0.3) is 0 Å². The summed E-state index contributed by atoms with van der Waals surface area (Å²) in [5.41, 5.74) is 0. The monoisotopic (exact) mass is 1120 g/mol. The molecule has 2 atom stereocenters. The van der Waals surface area contributed by atoms with Gasteiger partial charge in [0.15, 0.2) is 0 Å². The molecule has 0 aromatic rings. The molecular formula is C74H139NO5. The summed E-state index contributed by atoms with van der Waals surface area (Å²) >= 11 is 0. The van der Waals surface area contributed by atoms with Crippen LogP contribution in [-0.2, 0) is 14.3 Å². The number of nitrogens with one attached hydrogen (secondary N) is 1. The number of carbonyl (C=O) groups excluding carboxylic acids is 2. The van der Waals surface area contributed by atoms with Crippen molar-refractivity contribution in [2.24, 2.45) is 0 Å². The Hall–Kier alpha value is -2.18. The third-order valence-electron chi connectivity index (χ3n) is 16.6. The maximum absolute atomic E-state index is 12.5. The van der Waals surface area contributed by atoms with E-state index in [-0.39, 0.29) is 18.5 Å². The second-order valence-corrected chi connectivity index (χ2v) is 24.6. The zero-order valence-electron chi connectivity index (χ0n) is 53.8. The van der Waals surface area contributed by atoms with Gasteiger partial charge in [0.2, 0.25) is 5.91 Å². The number of hydrogen-bond donors (Lipinski definition) is 3. The summed E-state index contributed by atoms with van der Waals surface area (Å²) in [6, 6.07) is -0.632. The van der Waals surface area contributed by atoms with Gasteiger partial charge < -0.3 is 20.3 Å². The van der Waals surface area contributed by atoms with Gasteiger partial charge in [-0.3, -0.25) is 9.59 Å². The van der Waals surface area contributed by atoms with Gasteiger partial charge in [-0.25, -0.2) is 0 Å². The highest BCUT2D eigenvalue weighted by Crippen LogP contribution is 2.18. The quantitative estimate of drug-likeness (QED) is 0.0320. The van der Waals surface area contributed by atoms with E-state index in [0.717, 1.165) is 51.4 Å². The molecule has 0 fully saturated rings. The van der Waals surface area contributed by atoms with E-state index in [1.165, 1.54) is 308 Å². The first-order valence-corrected chi connectivity index (χ1v) is 35.9. The number of aliphatic hydroxyl groups is 2. The Bertz CT molecular complexity index is 1340. The fourth-order valence-electron chi connectivity index (χ4n) is 11.1. The maximum Gasteiger partial charge on any atom is 0.305 e. The van der Waals surface area contributed by atoms with E-state index in [9.17, 15) is 19.8 Å². The molecule has 0 aliphatic heterocycles. The van der Waals surface area contributed by atoms with Crippen molar-refractivity contribution in [2.45, 2.75) is 398 Å². The first-order chi connectivity index (χ1) is 39.5. The van der Waals surface area contributed by atoms with Gasteiger partial charge in [-0.2, -0.15) is 0 Å². The van der Waals surface area contributed by atoms with Crippen molar-refractivity contribution in [3.8, 4) is 0 Å². The fraction of sp³-hybridized carbons (Fsp3) is 0.865. The largest absolute Gasteiger partial charge is 0.466 e. The highest BCUT2D eigenvalue weighted by Gasteiger charge is 2.18. The molecule has 0 saturated heterocycles. The van der Waals surface area contributed by atoms with E-state index in [4.69, 9.17) is 4.74 Å². The van der Waals surface area contributed by atoms with Gasteiger partial charge in [-0.05, 0) is 89.9 Å². The Morgan fingerprint density at radius 3 is 0.988 bits per heavy atom. The summed E-state index contributed by atoms with van der Waals surface area (Å²) in [4.78, 5) is 24.6. The van der Waals surface area contributed by atoms with Gasteiger partial charge in [0, 0.05) is 12.8 Å². The predicted octanol–water partition coefficient (Wildman–Crippen LogP) is 23.3. The van der Waals surface area contributed by atoms with E-state index >= 15 is 0 Å². The third kappa shape index (κ3) is 65.0. The molecule has 80 heavy (non-hydrogen) atoms. The Labute approximate surface area is 499 Å². The van der Waals surface area contributed by atoms with Gasteiger partial charge in [-0.15, -0.1) is 0 Å². The average Bonchev–Trinajstić information content (AvgIpc) is 3.46. The lowest BCUT2D eigenvalue weighted by molar-refractivity contribution is -0.143. The smallest absolute Gasteiger partial charge is 0.305 e. The van der Waals surface area contributed by atoms with E-state index < -0.39 is 12.1 Å².